The van der Waals surface area contributed by atoms with Crippen molar-refractivity contribution in [1.82, 2.24) is 0 Å². The Labute approximate surface area is 96.5 Å². The van der Waals surface area contributed by atoms with Gasteiger partial charge in [0.15, 0.2) is 0 Å². The van der Waals surface area contributed by atoms with Gasteiger partial charge in [-0.15, -0.1) is 0 Å². The van der Waals surface area contributed by atoms with Crippen LogP contribution in [0.2, 0.25) is 0 Å². The zero-order valence-corrected chi connectivity index (χ0v) is 9.51. The van der Waals surface area contributed by atoms with Crippen molar-refractivity contribution >= 4 is 20.8 Å². The molecule has 4 N–H and O–H groups in total. The van der Waals surface area contributed by atoms with E-state index in [1.54, 1.807) is 0 Å². The van der Waals surface area contributed by atoms with Gasteiger partial charge in [0.1, 0.15) is 0 Å². The second kappa shape index (κ2) is 6.61. The SMILES string of the molecule is O=S(=O)(O)O.O=S(=O)(O)O.[Ce]. The summed E-state index contributed by atoms with van der Waals surface area (Å²) in [5.41, 5.74) is 0. The van der Waals surface area contributed by atoms with Crippen molar-refractivity contribution in [2.75, 3.05) is 0 Å². The Morgan fingerprint density at radius 1 is 0.636 bits per heavy atom. The van der Waals surface area contributed by atoms with Crippen LogP contribution >= 0.6 is 0 Å². The fourth-order valence-corrected chi connectivity index (χ4v) is 0. The van der Waals surface area contributed by atoms with Gasteiger partial charge in [0.05, 0.1) is 0 Å². The second-order valence-electron chi connectivity index (χ2n) is 0.896. The first kappa shape index (κ1) is 18.0. The third-order valence-electron chi connectivity index (χ3n) is 0. The van der Waals surface area contributed by atoms with E-state index in [2.05, 4.69) is 0 Å². The van der Waals surface area contributed by atoms with E-state index in [9.17, 15) is 0 Å². The van der Waals surface area contributed by atoms with Crippen LogP contribution in [-0.4, -0.2) is 35.0 Å². The van der Waals surface area contributed by atoms with Gasteiger partial charge in [-0.25, -0.2) is 0 Å². The molecule has 0 aromatic carbocycles. The smallest absolute Gasteiger partial charge is 0.264 e. The van der Waals surface area contributed by atoms with Gasteiger partial charge in [0.25, 0.3) is 0 Å². The topological polar surface area (TPSA) is 149 Å². The van der Waals surface area contributed by atoms with E-state index in [-0.39, 0.29) is 41.7 Å². The molecule has 0 unspecified atom stereocenters. The number of hydrogen-bond donors (Lipinski definition) is 4. The molecule has 0 bridgehead atoms. The van der Waals surface area contributed by atoms with Crippen LogP contribution in [0.3, 0.4) is 0 Å². The molecule has 0 aliphatic carbocycles. The van der Waals surface area contributed by atoms with Crippen molar-refractivity contribution in [3.63, 3.8) is 0 Å². The van der Waals surface area contributed by atoms with Crippen LogP contribution in [0.5, 0.6) is 0 Å². The molecule has 0 aromatic rings. The van der Waals surface area contributed by atoms with E-state index in [1.165, 1.54) is 0 Å². The largest absolute Gasteiger partial charge is 0.394 e. The van der Waals surface area contributed by atoms with Gasteiger partial charge in [0, 0.05) is 41.7 Å². The molecule has 8 nitrogen and oxygen atoms in total. The van der Waals surface area contributed by atoms with Gasteiger partial charge in [0.2, 0.25) is 0 Å². The first-order valence-corrected chi connectivity index (χ1v) is 4.19. The van der Waals surface area contributed by atoms with Crippen LogP contribution < -0.4 is 0 Å². The predicted molar refractivity (Wildman–Crippen MR) is 28.4 cm³/mol. The molecule has 0 atom stereocenters. The van der Waals surface area contributed by atoms with Crippen LogP contribution in [0.25, 0.3) is 0 Å². The van der Waals surface area contributed by atoms with Gasteiger partial charge < -0.3 is 0 Å². The van der Waals surface area contributed by atoms with Crippen LogP contribution in [0.4, 0.5) is 0 Å². The molecular weight excluding hydrogens is 332 g/mol. The molecule has 0 spiro atoms. The zero-order chi connectivity index (χ0) is 9.00. The quantitative estimate of drug-likeness (QED) is 0.399. The molecule has 0 radical (unpaired) electrons. The molecule has 0 aliphatic heterocycles. The maximum atomic E-state index is 8.74. The minimum Gasteiger partial charge on any atom is -0.264 e. The fourth-order valence-electron chi connectivity index (χ4n) is 0. The third-order valence-corrected chi connectivity index (χ3v) is 0. The molecule has 0 saturated carbocycles. The minimum atomic E-state index is -4.67. The minimum absolute atomic E-state index is 0. The van der Waals surface area contributed by atoms with Gasteiger partial charge in [-0.05, 0) is 0 Å². The molecule has 0 rings (SSSR count). The summed E-state index contributed by atoms with van der Waals surface area (Å²) >= 11 is 0. The van der Waals surface area contributed by atoms with Crippen molar-refractivity contribution in [1.29, 1.82) is 0 Å². The Hall–Kier alpha value is 1.12. The monoisotopic (exact) mass is 336 g/mol. The fraction of sp³-hybridized carbons (Fsp3) is 0. The van der Waals surface area contributed by atoms with Crippen molar-refractivity contribution in [2.24, 2.45) is 0 Å². The van der Waals surface area contributed by atoms with Crippen molar-refractivity contribution in [3.8, 4) is 0 Å². The van der Waals surface area contributed by atoms with Crippen LogP contribution in [0, 0.1) is 41.7 Å². The molecule has 0 heterocycles. The summed E-state index contributed by atoms with van der Waals surface area (Å²) < 4.78 is 63.2. The molecule has 11 heavy (non-hydrogen) atoms. The Morgan fingerprint density at radius 3 is 0.636 bits per heavy atom. The number of rotatable bonds is 0. The summed E-state index contributed by atoms with van der Waals surface area (Å²) in [6.07, 6.45) is 0. The van der Waals surface area contributed by atoms with Crippen LogP contribution in [-0.2, 0) is 20.8 Å². The molecule has 11 heteroatoms. The summed E-state index contributed by atoms with van der Waals surface area (Å²) in [6, 6.07) is 0. The van der Waals surface area contributed by atoms with Crippen LogP contribution in [0.15, 0.2) is 0 Å². The van der Waals surface area contributed by atoms with E-state index < -0.39 is 20.8 Å². The first-order valence-electron chi connectivity index (χ1n) is 1.40. The maximum Gasteiger partial charge on any atom is 0.394 e. The zero-order valence-electron chi connectivity index (χ0n) is 4.74. The van der Waals surface area contributed by atoms with Crippen molar-refractivity contribution in [2.45, 2.75) is 0 Å². The molecule has 0 amide bonds. The van der Waals surface area contributed by atoms with Gasteiger partial charge in [-0.1, -0.05) is 0 Å². The summed E-state index contributed by atoms with van der Waals surface area (Å²) in [5.74, 6) is 0. The summed E-state index contributed by atoms with van der Waals surface area (Å²) in [5, 5.41) is 0. The normalized spacial score (nSPS) is 10.5. The van der Waals surface area contributed by atoms with E-state index in [0.29, 0.717) is 0 Å². The Kier molecular flexibility index (Phi) is 10.8. The standard InChI is InChI=1S/Ce.2H2O4S/c;2*1-5(2,3)4/h;2*(H2,1,2,3,4). The molecule has 0 fully saturated rings. The third kappa shape index (κ3) is 741. The molecular formula is H4CeO8S2. The van der Waals surface area contributed by atoms with Crippen molar-refractivity contribution < 1.29 is 76.8 Å². The first-order chi connectivity index (χ1) is 4.00. The van der Waals surface area contributed by atoms with Gasteiger partial charge in [-0.3, -0.25) is 18.2 Å². The molecule has 0 aliphatic rings. The molecule has 0 saturated heterocycles. The van der Waals surface area contributed by atoms with E-state index in [0.717, 1.165) is 0 Å². The molecule has 0 aromatic heterocycles. The van der Waals surface area contributed by atoms with Crippen molar-refractivity contribution in [3.05, 3.63) is 0 Å². The van der Waals surface area contributed by atoms with Crippen LogP contribution in [0.1, 0.15) is 0 Å². The average Bonchev–Trinajstić information content (AvgIpc) is 1.12. The predicted octanol–water partition coefficient (Wildman–Crippen LogP) is -1.31. The van der Waals surface area contributed by atoms with E-state index in [4.69, 9.17) is 35.0 Å². The number of hydrogen-bond acceptors (Lipinski definition) is 4. The molecule has 68 valence electrons. The van der Waals surface area contributed by atoms with Gasteiger partial charge >= 0.3 is 20.8 Å². The summed E-state index contributed by atoms with van der Waals surface area (Å²) in [7, 11) is -9.33. The summed E-state index contributed by atoms with van der Waals surface area (Å²) in [6.45, 7) is 0. The van der Waals surface area contributed by atoms with E-state index >= 15 is 0 Å². The Balaban J connectivity index is -0.000000107. The maximum absolute atomic E-state index is 8.74. The van der Waals surface area contributed by atoms with Gasteiger partial charge in [-0.2, -0.15) is 16.8 Å². The summed E-state index contributed by atoms with van der Waals surface area (Å²) in [4.78, 5) is 0. The van der Waals surface area contributed by atoms with E-state index in [1.807, 2.05) is 0 Å². The Bertz CT molecular complexity index is 208. The second-order valence-corrected chi connectivity index (χ2v) is 2.69. The Morgan fingerprint density at radius 2 is 0.636 bits per heavy atom. The average molecular weight is 336 g/mol.